The fraction of sp³-hybridized carbons (Fsp3) is 0.522. The SMILES string of the molecule is CNC(=O)Nc1ccc(-c2nc(CSC3CCCCC3)cc(N3CCOCC3)n2)cc1. The van der Waals surface area contributed by atoms with E-state index in [0.29, 0.717) is 0 Å². The van der Waals surface area contributed by atoms with Crippen molar-refractivity contribution < 1.29 is 9.53 Å². The van der Waals surface area contributed by atoms with Crippen molar-refractivity contribution in [3.63, 3.8) is 0 Å². The molecule has 0 bridgehead atoms. The lowest BCUT2D eigenvalue weighted by molar-refractivity contribution is 0.122. The number of thioether (sulfide) groups is 1. The van der Waals surface area contributed by atoms with Crippen LogP contribution >= 0.6 is 11.8 Å². The van der Waals surface area contributed by atoms with Gasteiger partial charge in [0.1, 0.15) is 5.82 Å². The van der Waals surface area contributed by atoms with Gasteiger partial charge >= 0.3 is 6.03 Å². The molecule has 0 radical (unpaired) electrons. The maximum Gasteiger partial charge on any atom is 0.318 e. The maximum atomic E-state index is 11.5. The third-order valence-corrected chi connectivity index (χ3v) is 7.15. The number of carbonyl (C=O) groups is 1. The molecule has 2 N–H and O–H groups in total. The summed E-state index contributed by atoms with van der Waals surface area (Å²) >= 11 is 2.03. The predicted octanol–water partition coefficient (Wildman–Crippen LogP) is 4.30. The highest BCUT2D eigenvalue weighted by Gasteiger charge is 2.18. The normalized spacial score (nSPS) is 17.4. The zero-order valence-electron chi connectivity index (χ0n) is 18.1. The third kappa shape index (κ3) is 6.11. The minimum Gasteiger partial charge on any atom is -0.378 e. The minimum atomic E-state index is -0.236. The van der Waals surface area contributed by atoms with Gasteiger partial charge in [-0.25, -0.2) is 14.8 Å². The molecule has 31 heavy (non-hydrogen) atoms. The van der Waals surface area contributed by atoms with E-state index < -0.39 is 0 Å². The molecule has 2 aromatic rings. The van der Waals surface area contributed by atoms with Gasteiger partial charge in [0.2, 0.25) is 0 Å². The van der Waals surface area contributed by atoms with E-state index in [9.17, 15) is 4.79 Å². The van der Waals surface area contributed by atoms with E-state index in [1.165, 1.54) is 32.1 Å². The van der Waals surface area contributed by atoms with Crippen molar-refractivity contribution in [1.82, 2.24) is 15.3 Å². The van der Waals surface area contributed by atoms with E-state index in [0.717, 1.165) is 65.9 Å². The van der Waals surface area contributed by atoms with Gasteiger partial charge in [-0.1, -0.05) is 19.3 Å². The lowest BCUT2D eigenvalue weighted by Gasteiger charge is -2.28. The molecule has 1 saturated heterocycles. The van der Waals surface area contributed by atoms with Gasteiger partial charge in [0.05, 0.1) is 18.9 Å². The van der Waals surface area contributed by atoms with Crippen molar-refractivity contribution in [2.24, 2.45) is 0 Å². The summed E-state index contributed by atoms with van der Waals surface area (Å²) in [5.41, 5.74) is 2.76. The van der Waals surface area contributed by atoms with Crippen LogP contribution in [0.25, 0.3) is 11.4 Å². The number of aromatic nitrogens is 2. The first-order valence-corrected chi connectivity index (χ1v) is 12.2. The maximum absolute atomic E-state index is 11.5. The smallest absolute Gasteiger partial charge is 0.318 e. The van der Waals surface area contributed by atoms with E-state index in [4.69, 9.17) is 14.7 Å². The van der Waals surface area contributed by atoms with E-state index in [-0.39, 0.29) is 6.03 Å². The first kappa shape index (κ1) is 21.9. The van der Waals surface area contributed by atoms with Crippen LogP contribution in [0.3, 0.4) is 0 Å². The van der Waals surface area contributed by atoms with Crippen molar-refractivity contribution in [2.45, 2.75) is 43.1 Å². The Morgan fingerprint density at radius 3 is 2.58 bits per heavy atom. The Balaban J connectivity index is 1.55. The van der Waals surface area contributed by atoms with E-state index >= 15 is 0 Å². The van der Waals surface area contributed by atoms with Crippen molar-refractivity contribution >= 4 is 29.3 Å². The largest absolute Gasteiger partial charge is 0.378 e. The second-order valence-electron chi connectivity index (χ2n) is 7.99. The molecule has 1 saturated carbocycles. The molecule has 0 unspecified atom stereocenters. The second-order valence-corrected chi connectivity index (χ2v) is 9.28. The molecule has 166 valence electrons. The zero-order valence-corrected chi connectivity index (χ0v) is 18.9. The summed E-state index contributed by atoms with van der Waals surface area (Å²) in [5.74, 6) is 2.61. The highest BCUT2D eigenvalue weighted by molar-refractivity contribution is 7.99. The lowest BCUT2D eigenvalue weighted by atomic mass is 10.0. The van der Waals surface area contributed by atoms with Gasteiger partial charge in [-0.05, 0) is 37.1 Å². The summed E-state index contributed by atoms with van der Waals surface area (Å²) in [4.78, 5) is 23.6. The number of nitrogens with one attached hydrogen (secondary N) is 2. The number of carbonyl (C=O) groups excluding carboxylic acids is 1. The monoisotopic (exact) mass is 441 g/mol. The first-order valence-electron chi connectivity index (χ1n) is 11.1. The average Bonchev–Trinajstić information content (AvgIpc) is 2.84. The number of nitrogens with zero attached hydrogens (tertiary/aromatic N) is 3. The molecule has 0 spiro atoms. The summed E-state index contributed by atoms with van der Waals surface area (Å²) < 4.78 is 5.52. The predicted molar refractivity (Wildman–Crippen MR) is 127 cm³/mol. The average molecular weight is 442 g/mol. The third-order valence-electron chi connectivity index (χ3n) is 5.75. The second kappa shape index (κ2) is 10.8. The summed E-state index contributed by atoms with van der Waals surface area (Å²) in [6.45, 7) is 3.15. The van der Waals surface area contributed by atoms with E-state index in [2.05, 4.69) is 21.6 Å². The number of anilines is 2. The standard InChI is InChI=1S/C23H31N5O2S/c1-24-23(29)26-18-9-7-17(8-10-18)22-25-19(16-31-20-5-3-2-4-6-20)15-21(27-22)28-11-13-30-14-12-28/h7-10,15,20H,2-6,11-14,16H2,1H3,(H2,24,26,29). The fourth-order valence-electron chi connectivity index (χ4n) is 3.97. The van der Waals surface area contributed by atoms with Gasteiger partial charge in [-0.2, -0.15) is 11.8 Å². The molecule has 7 nitrogen and oxygen atoms in total. The number of ether oxygens (including phenoxy) is 1. The Kier molecular flexibility index (Phi) is 7.64. The highest BCUT2D eigenvalue weighted by Crippen LogP contribution is 2.31. The molecular weight excluding hydrogens is 410 g/mol. The van der Waals surface area contributed by atoms with Gasteiger partial charge in [0, 0.05) is 48.5 Å². The highest BCUT2D eigenvalue weighted by atomic mass is 32.2. The van der Waals surface area contributed by atoms with E-state index in [1.54, 1.807) is 7.05 Å². The number of rotatable bonds is 6. The van der Waals surface area contributed by atoms with Crippen molar-refractivity contribution in [1.29, 1.82) is 0 Å². The molecule has 1 aliphatic carbocycles. The molecule has 2 aliphatic rings. The Morgan fingerprint density at radius 1 is 1.13 bits per heavy atom. The van der Waals surface area contributed by atoms with Crippen LogP contribution in [0.1, 0.15) is 37.8 Å². The molecule has 1 aromatic carbocycles. The van der Waals surface area contributed by atoms with Crippen molar-refractivity contribution in [3.05, 3.63) is 36.0 Å². The number of urea groups is 1. The summed E-state index contributed by atoms with van der Waals surface area (Å²) in [7, 11) is 1.60. The molecule has 4 rings (SSSR count). The van der Waals surface area contributed by atoms with Crippen LogP contribution < -0.4 is 15.5 Å². The fourth-order valence-corrected chi connectivity index (χ4v) is 5.19. The van der Waals surface area contributed by atoms with Crippen LogP contribution in [0.15, 0.2) is 30.3 Å². The quantitative estimate of drug-likeness (QED) is 0.696. The minimum absolute atomic E-state index is 0.236. The summed E-state index contributed by atoms with van der Waals surface area (Å²) in [5, 5.41) is 6.09. The summed E-state index contributed by atoms with van der Waals surface area (Å²) in [6, 6.07) is 9.59. The molecule has 0 atom stereocenters. The van der Waals surface area contributed by atoms with Crippen LogP contribution in [0.2, 0.25) is 0 Å². The van der Waals surface area contributed by atoms with Crippen LogP contribution in [0.5, 0.6) is 0 Å². The van der Waals surface area contributed by atoms with Crippen molar-refractivity contribution in [2.75, 3.05) is 43.6 Å². The van der Waals surface area contributed by atoms with Gasteiger partial charge in [-0.3, -0.25) is 0 Å². The zero-order chi connectivity index (χ0) is 21.5. The molecule has 2 fully saturated rings. The number of morpholine rings is 1. The molecular formula is C23H31N5O2S. The van der Waals surface area contributed by atoms with Crippen LogP contribution in [-0.4, -0.2) is 54.6 Å². The topological polar surface area (TPSA) is 79.4 Å². The van der Waals surface area contributed by atoms with E-state index in [1.807, 2.05) is 36.0 Å². The Bertz CT molecular complexity index is 865. The van der Waals surface area contributed by atoms with Gasteiger partial charge in [0.25, 0.3) is 0 Å². The van der Waals surface area contributed by atoms with Crippen molar-refractivity contribution in [3.8, 4) is 11.4 Å². The van der Waals surface area contributed by atoms with Gasteiger partial charge in [0.15, 0.2) is 5.82 Å². The van der Waals surface area contributed by atoms with Crippen LogP contribution in [0, 0.1) is 0 Å². The van der Waals surface area contributed by atoms with Crippen LogP contribution in [0.4, 0.5) is 16.3 Å². The Morgan fingerprint density at radius 2 is 1.87 bits per heavy atom. The Hall–Kier alpha value is -2.32. The molecule has 1 aromatic heterocycles. The first-order chi connectivity index (χ1) is 15.2. The Labute approximate surface area is 188 Å². The number of hydrogen-bond acceptors (Lipinski definition) is 6. The summed E-state index contributed by atoms with van der Waals surface area (Å²) in [6.07, 6.45) is 6.71. The molecule has 8 heteroatoms. The van der Waals surface area contributed by atoms with Crippen LogP contribution in [-0.2, 0) is 10.5 Å². The number of benzene rings is 1. The molecule has 2 amide bonds. The van der Waals surface area contributed by atoms with Gasteiger partial charge in [-0.15, -0.1) is 0 Å². The molecule has 1 aliphatic heterocycles. The number of amides is 2. The lowest BCUT2D eigenvalue weighted by Crippen LogP contribution is -2.37. The number of hydrogen-bond donors (Lipinski definition) is 2. The van der Waals surface area contributed by atoms with Gasteiger partial charge < -0.3 is 20.3 Å². The molecule has 2 heterocycles.